The summed E-state index contributed by atoms with van der Waals surface area (Å²) in [5.74, 6) is 1.14. The fraction of sp³-hybridized carbons (Fsp3) is 0.533. The molecule has 0 amide bonds. The Morgan fingerprint density at radius 1 is 1.22 bits per heavy atom. The fourth-order valence-corrected chi connectivity index (χ4v) is 4.12. The van der Waals surface area contributed by atoms with Gasteiger partial charge in [-0.25, -0.2) is 0 Å². The first-order valence-corrected chi connectivity index (χ1v) is 7.98. The molecule has 1 aliphatic carbocycles. The van der Waals surface area contributed by atoms with Crippen molar-refractivity contribution >= 4 is 23.4 Å². The van der Waals surface area contributed by atoms with E-state index < -0.39 is 0 Å². The smallest absolute Gasteiger partial charge is 0.0667 e. The SMILES string of the molecule is N#CC1CCCCCC1SCc1ccccc1Cl. The highest BCUT2D eigenvalue weighted by atomic mass is 35.5. The largest absolute Gasteiger partial charge is 0.198 e. The summed E-state index contributed by atoms with van der Waals surface area (Å²) in [6.45, 7) is 0. The normalized spacial score (nSPS) is 24.2. The van der Waals surface area contributed by atoms with Gasteiger partial charge in [0.25, 0.3) is 0 Å². The van der Waals surface area contributed by atoms with Crippen LogP contribution in [0.5, 0.6) is 0 Å². The summed E-state index contributed by atoms with van der Waals surface area (Å²) < 4.78 is 0. The van der Waals surface area contributed by atoms with Gasteiger partial charge in [-0.05, 0) is 24.5 Å². The lowest BCUT2D eigenvalue weighted by Crippen LogP contribution is -2.14. The molecule has 18 heavy (non-hydrogen) atoms. The number of thioether (sulfide) groups is 1. The van der Waals surface area contributed by atoms with Gasteiger partial charge >= 0.3 is 0 Å². The molecule has 96 valence electrons. The number of benzene rings is 1. The summed E-state index contributed by atoms with van der Waals surface area (Å²) in [5.41, 5.74) is 1.19. The van der Waals surface area contributed by atoms with Crippen LogP contribution < -0.4 is 0 Å². The summed E-state index contributed by atoms with van der Waals surface area (Å²) in [7, 11) is 0. The zero-order chi connectivity index (χ0) is 12.8. The lowest BCUT2D eigenvalue weighted by molar-refractivity contribution is 0.585. The van der Waals surface area contributed by atoms with E-state index in [4.69, 9.17) is 11.6 Å². The van der Waals surface area contributed by atoms with Crippen molar-refractivity contribution in [2.75, 3.05) is 0 Å². The van der Waals surface area contributed by atoms with Crippen LogP contribution in [0.25, 0.3) is 0 Å². The second-order valence-corrected chi connectivity index (χ2v) is 6.45. The maximum Gasteiger partial charge on any atom is 0.0667 e. The topological polar surface area (TPSA) is 23.8 Å². The third-order valence-electron chi connectivity index (χ3n) is 3.53. The summed E-state index contributed by atoms with van der Waals surface area (Å²) in [4.78, 5) is 0. The standard InChI is InChI=1S/C15H18ClNS/c16-14-8-5-4-7-13(14)11-18-15-9-3-1-2-6-12(15)10-17/h4-5,7-8,12,15H,1-3,6,9,11H2. The monoisotopic (exact) mass is 279 g/mol. The molecule has 0 saturated heterocycles. The Morgan fingerprint density at radius 3 is 2.78 bits per heavy atom. The molecule has 1 fully saturated rings. The lowest BCUT2D eigenvalue weighted by atomic mass is 10.0. The van der Waals surface area contributed by atoms with Gasteiger partial charge in [0, 0.05) is 16.0 Å². The van der Waals surface area contributed by atoms with Crippen LogP contribution in [-0.4, -0.2) is 5.25 Å². The number of halogens is 1. The van der Waals surface area contributed by atoms with Crippen molar-refractivity contribution in [1.82, 2.24) is 0 Å². The Morgan fingerprint density at radius 2 is 2.00 bits per heavy atom. The first-order valence-electron chi connectivity index (χ1n) is 6.56. The first-order chi connectivity index (χ1) is 8.81. The van der Waals surface area contributed by atoms with Crippen LogP contribution >= 0.6 is 23.4 Å². The Hall–Kier alpha value is -0.650. The molecule has 1 aromatic carbocycles. The lowest BCUT2D eigenvalue weighted by Gasteiger charge is -2.18. The highest BCUT2D eigenvalue weighted by molar-refractivity contribution is 7.99. The number of nitrogens with zero attached hydrogens (tertiary/aromatic N) is 1. The summed E-state index contributed by atoms with van der Waals surface area (Å²) in [5, 5.41) is 10.6. The van der Waals surface area contributed by atoms with Gasteiger partial charge in [-0.15, -0.1) is 0 Å². The van der Waals surface area contributed by atoms with Crippen LogP contribution in [0.4, 0.5) is 0 Å². The summed E-state index contributed by atoms with van der Waals surface area (Å²) in [6.07, 6.45) is 5.99. The number of hydrogen-bond donors (Lipinski definition) is 0. The molecule has 0 aliphatic heterocycles. The van der Waals surface area contributed by atoms with Gasteiger partial charge in [0.1, 0.15) is 0 Å². The summed E-state index contributed by atoms with van der Waals surface area (Å²) in [6, 6.07) is 10.5. The van der Waals surface area contributed by atoms with E-state index in [1.165, 1.54) is 31.2 Å². The van der Waals surface area contributed by atoms with E-state index in [2.05, 4.69) is 12.1 Å². The number of nitriles is 1. The van der Waals surface area contributed by atoms with Crippen LogP contribution in [0, 0.1) is 17.2 Å². The molecule has 1 nitrogen and oxygen atoms in total. The van der Waals surface area contributed by atoms with Crippen molar-refractivity contribution in [1.29, 1.82) is 5.26 Å². The third kappa shape index (κ3) is 3.67. The minimum Gasteiger partial charge on any atom is -0.198 e. The maximum atomic E-state index is 9.25. The zero-order valence-corrected chi connectivity index (χ0v) is 12.0. The van der Waals surface area contributed by atoms with E-state index in [0.717, 1.165) is 17.2 Å². The Bertz CT molecular complexity index is 427. The van der Waals surface area contributed by atoms with Gasteiger partial charge in [0.05, 0.1) is 12.0 Å². The van der Waals surface area contributed by atoms with Gasteiger partial charge in [0.15, 0.2) is 0 Å². The minimum atomic E-state index is 0.222. The molecule has 0 heterocycles. The molecular formula is C15H18ClNS. The summed E-state index contributed by atoms with van der Waals surface area (Å²) >= 11 is 8.07. The van der Waals surface area contributed by atoms with E-state index in [1.54, 1.807) is 0 Å². The van der Waals surface area contributed by atoms with Gasteiger partial charge < -0.3 is 0 Å². The average molecular weight is 280 g/mol. The van der Waals surface area contributed by atoms with Gasteiger partial charge in [-0.3, -0.25) is 0 Å². The van der Waals surface area contributed by atoms with Crippen LogP contribution in [0.2, 0.25) is 5.02 Å². The number of hydrogen-bond acceptors (Lipinski definition) is 2. The van der Waals surface area contributed by atoms with Crippen LogP contribution in [-0.2, 0) is 5.75 Å². The Kier molecular flexibility index (Phi) is 5.41. The maximum absolute atomic E-state index is 9.25. The molecule has 0 N–H and O–H groups in total. The molecule has 0 spiro atoms. The van der Waals surface area contributed by atoms with E-state index in [0.29, 0.717) is 5.25 Å². The van der Waals surface area contributed by atoms with E-state index >= 15 is 0 Å². The molecular weight excluding hydrogens is 262 g/mol. The predicted molar refractivity (Wildman–Crippen MR) is 78.7 cm³/mol. The Balaban J connectivity index is 1.96. The predicted octanol–water partition coefficient (Wildman–Crippen LogP) is 5.05. The van der Waals surface area contributed by atoms with Crippen molar-refractivity contribution in [2.24, 2.45) is 5.92 Å². The van der Waals surface area contributed by atoms with Crippen molar-refractivity contribution in [3.05, 3.63) is 34.9 Å². The zero-order valence-electron chi connectivity index (χ0n) is 10.4. The van der Waals surface area contributed by atoms with Crippen molar-refractivity contribution in [2.45, 2.75) is 43.1 Å². The first kappa shape index (κ1) is 13.8. The second kappa shape index (κ2) is 7.07. The average Bonchev–Trinajstić information content (AvgIpc) is 2.62. The molecule has 0 bridgehead atoms. The van der Waals surface area contributed by atoms with Crippen LogP contribution in [0.1, 0.15) is 37.7 Å². The minimum absolute atomic E-state index is 0.222. The quantitative estimate of drug-likeness (QED) is 0.723. The van der Waals surface area contributed by atoms with Crippen LogP contribution in [0.3, 0.4) is 0 Å². The van der Waals surface area contributed by atoms with E-state index in [1.807, 2.05) is 30.0 Å². The highest BCUT2D eigenvalue weighted by Gasteiger charge is 2.23. The molecule has 2 rings (SSSR count). The highest BCUT2D eigenvalue weighted by Crippen LogP contribution is 2.34. The van der Waals surface area contributed by atoms with Crippen molar-refractivity contribution in [3.63, 3.8) is 0 Å². The molecule has 2 atom stereocenters. The Labute approximate surface area is 119 Å². The molecule has 3 heteroatoms. The van der Waals surface area contributed by atoms with Crippen molar-refractivity contribution in [3.8, 4) is 6.07 Å². The fourth-order valence-electron chi connectivity index (χ4n) is 2.43. The molecule has 1 saturated carbocycles. The number of rotatable bonds is 3. The van der Waals surface area contributed by atoms with Gasteiger partial charge in [0.2, 0.25) is 0 Å². The second-order valence-electron chi connectivity index (χ2n) is 4.81. The van der Waals surface area contributed by atoms with Crippen LogP contribution in [0.15, 0.2) is 24.3 Å². The molecule has 1 aliphatic rings. The van der Waals surface area contributed by atoms with E-state index in [9.17, 15) is 5.26 Å². The van der Waals surface area contributed by atoms with Crippen molar-refractivity contribution < 1.29 is 0 Å². The molecule has 2 unspecified atom stereocenters. The molecule has 0 aromatic heterocycles. The molecule has 1 aromatic rings. The van der Waals surface area contributed by atoms with E-state index in [-0.39, 0.29) is 5.92 Å². The third-order valence-corrected chi connectivity index (χ3v) is 5.37. The van der Waals surface area contributed by atoms with Gasteiger partial charge in [-0.1, -0.05) is 49.1 Å². The molecule has 0 radical (unpaired) electrons. The van der Waals surface area contributed by atoms with Gasteiger partial charge in [-0.2, -0.15) is 17.0 Å².